The predicted molar refractivity (Wildman–Crippen MR) is 86.5 cm³/mol. The molecule has 6 nitrogen and oxygen atoms in total. The molecule has 2 heterocycles. The molecule has 122 valence electrons. The predicted octanol–water partition coefficient (Wildman–Crippen LogP) is 0.167. The summed E-state index contributed by atoms with van der Waals surface area (Å²) in [6.45, 7) is 8.88. The fourth-order valence-electron chi connectivity index (χ4n) is 2.99. The zero-order chi connectivity index (χ0) is 15.5. The number of likely N-dealkylation sites (tertiary alicyclic amines) is 1. The number of guanidine groups is 1. The molecule has 0 bridgehead atoms. The van der Waals surface area contributed by atoms with Crippen LogP contribution in [0.3, 0.4) is 0 Å². The lowest BCUT2D eigenvalue weighted by molar-refractivity contribution is 0.330. The van der Waals surface area contributed by atoms with E-state index in [-0.39, 0.29) is 5.75 Å². The number of aliphatic imine (C=N–C) groups is 1. The average Bonchev–Trinajstić information content (AvgIpc) is 2.91. The van der Waals surface area contributed by atoms with Gasteiger partial charge in [0.2, 0.25) is 0 Å². The molecule has 0 spiro atoms. The number of hydrogen-bond donors (Lipinski definition) is 1. The molecule has 0 unspecified atom stereocenters. The van der Waals surface area contributed by atoms with Crippen molar-refractivity contribution in [2.24, 2.45) is 4.99 Å². The van der Waals surface area contributed by atoms with Crippen LogP contribution in [0.25, 0.3) is 0 Å². The summed E-state index contributed by atoms with van der Waals surface area (Å²) >= 11 is 0. The van der Waals surface area contributed by atoms with E-state index in [2.05, 4.69) is 20.1 Å². The van der Waals surface area contributed by atoms with Crippen molar-refractivity contribution in [3.8, 4) is 0 Å². The van der Waals surface area contributed by atoms with Gasteiger partial charge in [0.15, 0.2) is 15.8 Å². The van der Waals surface area contributed by atoms with Gasteiger partial charge in [-0.15, -0.1) is 0 Å². The summed E-state index contributed by atoms with van der Waals surface area (Å²) in [5.74, 6) is 1.02. The Kier molecular flexibility index (Phi) is 5.14. The second-order valence-corrected chi connectivity index (χ2v) is 9.27. The molecule has 0 amide bonds. The number of hydrogen-bond acceptors (Lipinski definition) is 4. The molecule has 0 aliphatic carbocycles. The van der Waals surface area contributed by atoms with Gasteiger partial charge in [-0.3, -0.25) is 4.99 Å². The second kappa shape index (κ2) is 6.52. The highest BCUT2D eigenvalue weighted by Gasteiger charge is 2.40. The van der Waals surface area contributed by atoms with Gasteiger partial charge < -0.3 is 15.1 Å². The maximum Gasteiger partial charge on any atom is 0.193 e. The first-order valence-corrected chi connectivity index (χ1v) is 9.41. The summed E-state index contributed by atoms with van der Waals surface area (Å²) in [7, 11) is -1.24. The van der Waals surface area contributed by atoms with Crippen LogP contribution in [0.1, 0.15) is 26.7 Å². The first-order chi connectivity index (χ1) is 9.86. The van der Waals surface area contributed by atoms with Crippen LogP contribution in [0, 0.1) is 0 Å². The zero-order valence-corrected chi connectivity index (χ0v) is 14.2. The van der Waals surface area contributed by atoms with E-state index < -0.39 is 14.6 Å². The summed E-state index contributed by atoms with van der Waals surface area (Å²) < 4.78 is 23.4. The first-order valence-electron chi connectivity index (χ1n) is 7.76. The lowest BCUT2D eigenvalue weighted by Gasteiger charge is -2.39. The third-order valence-corrected chi connectivity index (χ3v) is 7.00. The van der Waals surface area contributed by atoms with Crippen LogP contribution in [0.15, 0.2) is 4.99 Å². The standard InChI is InChI=1S/C14H28N4O2S/c1-14(2)12-18(10-11-21(14,19)20)13(15-3)16-6-9-17-7-4-5-8-17/h4-12H2,1-3H3,(H,15,16). The fourth-order valence-corrected chi connectivity index (χ4v) is 4.35. The molecular formula is C14H28N4O2S. The van der Waals surface area contributed by atoms with Crippen LogP contribution in [-0.4, -0.2) is 81.0 Å². The van der Waals surface area contributed by atoms with Crippen molar-refractivity contribution in [2.45, 2.75) is 31.4 Å². The Bertz CT molecular complexity index is 481. The van der Waals surface area contributed by atoms with E-state index in [1.807, 2.05) is 0 Å². The van der Waals surface area contributed by atoms with Gasteiger partial charge in [0, 0.05) is 33.2 Å². The number of rotatable bonds is 3. The van der Waals surface area contributed by atoms with Gasteiger partial charge in [-0.1, -0.05) is 0 Å². The third kappa shape index (κ3) is 3.88. The third-order valence-electron chi connectivity index (χ3n) is 4.46. The van der Waals surface area contributed by atoms with Crippen LogP contribution >= 0.6 is 0 Å². The molecule has 2 aliphatic heterocycles. The van der Waals surface area contributed by atoms with E-state index in [1.54, 1.807) is 20.9 Å². The van der Waals surface area contributed by atoms with E-state index in [0.717, 1.165) is 19.0 Å². The van der Waals surface area contributed by atoms with Crippen molar-refractivity contribution in [3.63, 3.8) is 0 Å². The highest BCUT2D eigenvalue weighted by atomic mass is 32.2. The molecule has 0 aromatic rings. The molecule has 1 N–H and O–H groups in total. The van der Waals surface area contributed by atoms with Gasteiger partial charge in [0.1, 0.15) is 0 Å². The number of sulfone groups is 1. The van der Waals surface area contributed by atoms with Gasteiger partial charge in [-0.2, -0.15) is 0 Å². The van der Waals surface area contributed by atoms with Crippen molar-refractivity contribution < 1.29 is 8.42 Å². The topological polar surface area (TPSA) is 65.0 Å². The van der Waals surface area contributed by atoms with Gasteiger partial charge in [0.25, 0.3) is 0 Å². The lowest BCUT2D eigenvalue weighted by atomic mass is 10.2. The Morgan fingerprint density at radius 2 is 1.90 bits per heavy atom. The van der Waals surface area contributed by atoms with Crippen LogP contribution in [0.2, 0.25) is 0 Å². The first kappa shape index (κ1) is 16.5. The fraction of sp³-hybridized carbons (Fsp3) is 0.929. The Morgan fingerprint density at radius 1 is 1.24 bits per heavy atom. The van der Waals surface area contributed by atoms with Crippen LogP contribution in [0.5, 0.6) is 0 Å². The maximum atomic E-state index is 12.1. The molecule has 0 radical (unpaired) electrons. The molecule has 0 atom stereocenters. The number of nitrogens with one attached hydrogen (secondary N) is 1. The molecule has 0 saturated carbocycles. The average molecular weight is 316 g/mol. The molecule has 2 saturated heterocycles. The molecular weight excluding hydrogens is 288 g/mol. The number of nitrogens with zero attached hydrogens (tertiary/aromatic N) is 3. The van der Waals surface area contributed by atoms with Crippen LogP contribution in [0.4, 0.5) is 0 Å². The summed E-state index contributed by atoms with van der Waals surface area (Å²) in [4.78, 5) is 8.82. The van der Waals surface area contributed by atoms with Crippen molar-refractivity contribution in [3.05, 3.63) is 0 Å². The summed E-state index contributed by atoms with van der Waals surface area (Å²) in [5, 5.41) is 3.37. The minimum Gasteiger partial charge on any atom is -0.355 e. The molecule has 0 aromatic heterocycles. The minimum atomic E-state index is -3.00. The minimum absolute atomic E-state index is 0.201. The highest BCUT2D eigenvalue weighted by Crippen LogP contribution is 2.23. The Balaban J connectivity index is 1.87. The second-order valence-electron chi connectivity index (χ2n) is 6.52. The smallest absolute Gasteiger partial charge is 0.193 e. The van der Waals surface area contributed by atoms with Crippen molar-refractivity contribution in [2.75, 3.05) is 52.1 Å². The van der Waals surface area contributed by atoms with Gasteiger partial charge in [-0.05, 0) is 39.8 Å². The Labute approximate surface area is 128 Å². The zero-order valence-electron chi connectivity index (χ0n) is 13.4. The highest BCUT2D eigenvalue weighted by molar-refractivity contribution is 7.92. The van der Waals surface area contributed by atoms with Crippen LogP contribution in [-0.2, 0) is 9.84 Å². The van der Waals surface area contributed by atoms with Crippen molar-refractivity contribution in [1.82, 2.24) is 15.1 Å². The van der Waals surface area contributed by atoms with E-state index in [9.17, 15) is 8.42 Å². The Hall–Kier alpha value is -0.820. The van der Waals surface area contributed by atoms with E-state index in [4.69, 9.17) is 0 Å². The largest absolute Gasteiger partial charge is 0.355 e. The van der Waals surface area contributed by atoms with Crippen molar-refractivity contribution in [1.29, 1.82) is 0 Å². The summed E-state index contributed by atoms with van der Waals surface area (Å²) in [5.41, 5.74) is 0. The van der Waals surface area contributed by atoms with Gasteiger partial charge >= 0.3 is 0 Å². The van der Waals surface area contributed by atoms with E-state index >= 15 is 0 Å². The van der Waals surface area contributed by atoms with E-state index in [0.29, 0.717) is 13.1 Å². The summed E-state index contributed by atoms with van der Waals surface area (Å²) in [6, 6.07) is 0. The summed E-state index contributed by atoms with van der Waals surface area (Å²) in [6.07, 6.45) is 2.60. The normalized spacial score (nSPS) is 26.0. The van der Waals surface area contributed by atoms with E-state index in [1.165, 1.54) is 25.9 Å². The molecule has 2 fully saturated rings. The molecule has 2 aliphatic rings. The van der Waals surface area contributed by atoms with Gasteiger partial charge in [-0.25, -0.2) is 8.42 Å². The Morgan fingerprint density at radius 3 is 2.48 bits per heavy atom. The van der Waals surface area contributed by atoms with Crippen molar-refractivity contribution >= 4 is 15.8 Å². The molecule has 7 heteroatoms. The molecule has 0 aromatic carbocycles. The van der Waals surface area contributed by atoms with Gasteiger partial charge in [0.05, 0.1) is 10.5 Å². The lowest BCUT2D eigenvalue weighted by Crippen LogP contribution is -2.57. The quantitative estimate of drug-likeness (QED) is 0.594. The SMILES string of the molecule is CN=C(NCCN1CCCC1)N1CCS(=O)(=O)C(C)(C)C1. The maximum absolute atomic E-state index is 12.1. The monoisotopic (exact) mass is 316 g/mol. The molecule has 2 rings (SSSR count). The van der Waals surface area contributed by atoms with Crippen LogP contribution < -0.4 is 5.32 Å². The molecule has 21 heavy (non-hydrogen) atoms.